The third-order valence-electron chi connectivity index (χ3n) is 4.33. The quantitative estimate of drug-likeness (QED) is 0.777. The summed E-state index contributed by atoms with van der Waals surface area (Å²) in [5, 5.41) is 0. The van der Waals surface area contributed by atoms with Gasteiger partial charge in [-0.25, -0.2) is 0 Å². The second kappa shape index (κ2) is 6.27. The fraction of sp³-hybridized carbons (Fsp3) is 0.389. The van der Waals surface area contributed by atoms with Crippen molar-refractivity contribution in [1.82, 2.24) is 9.80 Å². The molecule has 3 heteroatoms. The van der Waals surface area contributed by atoms with E-state index in [1.54, 1.807) is 0 Å². The van der Waals surface area contributed by atoms with Gasteiger partial charge < -0.3 is 9.80 Å². The number of hydrogen-bond donors (Lipinski definition) is 0. The van der Waals surface area contributed by atoms with Crippen LogP contribution >= 0.6 is 0 Å². The predicted octanol–water partition coefficient (Wildman–Crippen LogP) is 2.46. The molecule has 0 aromatic carbocycles. The SMILES string of the molecule is CN1CCN(C(=O)CC2=CC=CC3=CC=CC=C2C3)CC1. The molecule has 2 aliphatic carbocycles. The van der Waals surface area contributed by atoms with Crippen molar-refractivity contribution in [2.24, 2.45) is 0 Å². The first-order valence-corrected chi connectivity index (χ1v) is 7.63. The van der Waals surface area contributed by atoms with Gasteiger partial charge in [0.25, 0.3) is 0 Å². The predicted molar refractivity (Wildman–Crippen MR) is 85.8 cm³/mol. The summed E-state index contributed by atoms with van der Waals surface area (Å²) in [6.45, 7) is 3.65. The van der Waals surface area contributed by atoms with E-state index in [1.165, 1.54) is 11.1 Å². The van der Waals surface area contributed by atoms with E-state index in [4.69, 9.17) is 0 Å². The van der Waals surface area contributed by atoms with Crippen LogP contribution in [0.2, 0.25) is 0 Å². The third kappa shape index (κ3) is 3.42. The molecule has 21 heavy (non-hydrogen) atoms. The Morgan fingerprint density at radius 1 is 1.05 bits per heavy atom. The Balaban J connectivity index is 1.69. The lowest BCUT2D eigenvalue weighted by molar-refractivity contribution is -0.131. The van der Waals surface area contributed by atoms with E-state index < -0.39 is 0 Å². The van der Waals surface area contributed by atoms with E-state index in [1.807, 2.05) is 4.90 Å². The van der Waals surface area contributed by atoms with E-state index in [-0.39, 0.29) is 5.91 Å². The number of likely N-dealkylation sites (N-methyl/N-ethyl adjacent to an activating group) is 1. The highest BCUT2D eigenvalue weighted by molar-refractivity contribution is 5.80. The highest BCUT2D eigenvalue weighted by Crippen LogP contribution is 2.28. The fourth-order valence-electron chi connectivity index (χ4n) is 2.92. The lowest BCUT2D eigenvalue weighted by Crippen LogP contribution is -2.47. The largest absolute Gasteiger partial charge is 0.340 e. The van der Waals surface area contributed by atoms with Crippen LogP contribution in [-0.2, 0) is 4.79 Å². The van der Waals surface area contributed by atoms with Crippen LogP contribution in [0.1, 0.15) is 12.8 Å². The van der Waals surface area contributed by atoms with Gasteiger partial charge in [-0.2, -0.15) is 0 Å². The maximum atomic E-state index is 12.5. The molecular formula is C18H22N2O. The molecule has 1 saturated heterocycles. The van der Waals surface area contributed by atoms with Crippen molar-refractivity contribution in [2.75, 3.05) is 33.2 Å². The number of allylic oxidation sites excluding steroid dienone is 9. The molecule has 3 rings (SSSR count). The van der Waals surface area contributed by atoms with Gasteiger partial charge in [-0.3, -0.25) is 4.79 Å². The summed E-state index contributed by atoms with van der Waals surface area (Å²) in [5.74, 6) is 0.254. The Bertz CT molecular complexity index is 570. The smallest absolute Gasteiger partial charge is 0.227 e. The van der Waals surface area contributed by atoms with Gasteiger partial charge in [0, 0.05) is 26.2 Å². The Morgan fingerprint density at radius 2 is 1.81 bits per heavy atom. The first kappa shape index (κ1) is 14.1. The minimum absolute atomic E-state index is 0.254. The van der Waals surface area contributed by atoms with Crippen molar-refractivity contribution in [1.29, 1.82) is 0 Å². The Morgan fingerprint density at radius 3 is 2.62 bits per heavy atom. The highest BCUT2D eigenvalue weighted by Gasteiger charge is 2.21. The van der Waals surface area contributed by atoms with Gasteiger partial charge in [-0.1, -0.05) is 42.5 Å². The third-order valence-corrected chi connectivity index (χ3v) is 4.33. The van der Waals surface area contributed by atoms with Crippen LogP contribution in [0.5, 0.6) is 0 Å². The zero-order valence-corrected chi connectivity index (χ0v) is 12.6. The lowest BCUT2D eigenvalue weighted by Gasteiger charge is -2.32. The molecule has 2 bridgehead atoms. The number of nitrogens with zero attached hydrogens (tertiary/aromatic N) is 2. The molecule has 3 nitrogen and oxygen atoms in total. The zero-order chi connectivity index (χ0) is 14.7. The number of fused-ring (bicyclic) bond motifs is 2. The van der Waals surface area contributed by atoms with E-state index in [2.05, 4.69) is 54.5 Å². The summed E-state index contributed by atoms with van der Waals surface area (Å²) in [4.78, 5) is 16.8. The van der Waals surface area contributed by atoms with Crippen LogP contribution in [0.4, 0.5) is 0 Å². The molecule has 3 aliphatic rings. The second-order valence-electron chi connectivity index (χ2n) is 5.91. The summed E-state index contributed by atoms with van der Waals surface area (Å²) in [7, 11) is 2.11. The summed E-state index contributed by atoms with van der Waals surface area (Å²) in [5.41, 5.74) is 3.72. The Hall–Kier alpha value is -1.87. The number of rotatable bonds is 2. The van der Waals surface area contributed by atoms with Crippen LogP contribution < -0.4 is 0 Å². The minimum Gasteiger partial charge on any atom is -0.340 e. The average Bonchev–Trinajstić information content (AvgIpc) is 2.83. The summed E-state index contributed by atoms with van der Waals surface area (Å²) in [6, 6.07) is 0. The van der Waals surface area contributed by atoms with Gasteiger partial charge >= 0.3 is 0 Å². The van der Waals surface area contributed by atoms with Gasteiger partial charge in [0.2, 0.25) is 5.91 Å². The Labute approximate surface area is 126 Å². The Kier molecular flexibility index (Phi) is 4.20. The molecule has 0 atom stereocenters. The van der Waals surface area contributed by atoms with Gasteiger partial charge in [-0.15, -0.1) is 0 Å². The molecule has 1 aliphatic heterocycles. The maximum absolute atomic E-state index is 12.5. The molecule has 1 amide bonds. The summed E-state index contributed by atoms with van der Waals surface area (Å²) >= 11 is 0. The zero-order valence-electron chi connectivity index (χ0n) is 12.6. The van der Waals surface area contributed by atoms with E-state index in [9.17, 15) is 4.79 Å². The van der Waals surface area contributed by atoms with Crippen molar-refractivity contribution in [2.45, 2.75) is 12.8 Å². The van der Waals surface area contributed by atoms with Gasteiger partial charge in [0.15, 0.2) is 0 Å². The van der Waals surface area contributed by atoms with Crippen LogP contribution in [0.25, 0.3) is 0 Å². The number of carbonyl (C=O) groups is 1. The topological polar surface area (TPSA) is 23.6 Å². The van der Waals surface area contributed by atoms with Gasteiger partial charge in [-0.05, 0) is 30.2 Å². The molecule has 0 unspecified atom stereocenters. The average molecular weight is 282 g/mol. The summed E-state index contributed by atoms with van der Waals surface area (Å²) in [6.07, 6.45) is 16.1. The molecule has 1 heterocycles. The molecule has 110 valence electrons. The van der Waals surface area contributed by atoms with E-state index >= 15 is 0 Å². The van der Waals surface area contributed by atoms with Gasteiger partial charge in [0.05, 0.1) is 6.42 Å². The second-order valence-corrected chi connectivity index (χ2v) is 5.91. The minimum atomic E-state index is 0.254. The lowest BCUT2D eigenvalue weighted by atomic mass is 9.97. The normalized spacial score (nSPS) is 22.1. The highest BCUT2D eigenvalue weighted by atomic mass is 16.2. The van der Waals surface area contributed by atoms with Crippen LogP contribution in [0, 0.1) is 0 Å². The molecular weight excluding hydrogens is 260 g/mol. The number of hydrogen-bond acceptors (Lipinski definition) is 2. The summed E-state index contributed by atoms with van der Waals surface area (Å²) < 4.78 is 0. The molecule has 0 N–H and O–H groups in total. The van der Waals surface area contributed by atoms with Crippen molar-refractivity contribution in [3.63, 3.8) is 0 Å². The van der Waals surface area contributed by atoms with Crippen LogP contribution in [-0.4, -0.2) is 48.9 Å². The maximum Gasteiger partial charge on any atom is 0.227 e. The first-order valence-electron chi connectivity index (χ1n) is 7.63. The van der Waals surface area contributed by atoms with Crippen LogP contribution in [0.15, 0.2) is 59.3 Å². The van der Waals surface area contributed by atoms with Crippen molar-refractivity contribution >= 4 is 5.91 Å². The molecule has 1 fully saturated rings. The monoisotopic (exact) mass is 282 g/mol. The van der Waals surface area contributed by atoms with Gasteiger partial charge in [0.1, 0.15) is 0 Å². The molecule has 0 aromatic rings. The first-order chi connectivity index (χ1) is 10.2. The molecule has 0 aromatic heterocycles. The number of carbonyl (C=O) groups excluding carboxylic acids is 1. The molecule has 0 spiro atoms. The van der Waals surface area contributed by atoms with Crippen LogP contribution in [0.3, 0.4) is 0 Å². The number of piperazine rings is 1. The van der Waals surface area contributed by atoms with E-state index in [0.29, 0.717) is 6.42 Å². The van der Waals surface area contributed by atoms with E-state index in [0.717, 1.165) is 38.2 Å². The number of amides is 1. The molecule has 0 radical (unpaired) electrons. The van der Waals surface area contributed by atoms with Crippen molar-refractivity contribution in [3.8, 4) is 0 Å². The van der Waals surface area contributed by atoms with Crippen molar-refractivity contribution in [3.05, 3.63) is 59.3 Å². The standard InChI is InChI=1S/C18H22N2O/c1-19-9-11-20(12-10-19)18(21)14-17-8-4-6-15-5-2-3-7-16(17)13-15/h2-8H,9-14H2,1H3. The van der Waals surface area contributed by atoms with Crippen molar-refractivity contribution < 1.29 is 4.79 Å². The fourth-order valence-corrected chi connectivity index (χ4v) is 2.92. The molecule has 0 saturated carbocycles.